The van der Waals surface area contributed by atoms with E-state index in [-0.39, 0.29) is 36.9 Å². The van der Waals surface area contributed by atoms with Crippen LogP contribution < -0.4 is 21.9 Å². The normalized spacial score (nSPS) is 17.9. The molecule has 1 aliphatic rings. The van der Waals surface area contributed by atoms with Crippen LogP contribution in [0, 0.1) is 23.3 Å². The molecule has 2 heterocycles. The molecule has 15 heteroatoms. The average Bonchev–Trinajstić information content (AvgIpc) is 2.87. The van der Waals surface area contributed by atoms with Gasteiger partial charge in [-0.25, -0.2) is 17.6 Å². The number of halogens is 7. The number of alkyl halides is 3. The molecule has 0 saturated carbocycles. The lowest BCUT2D eigenvalue weighted by molar-refractivity contribution is -0.138. The number of aromatic nitrogens is 1. The van der Waals surface area contributed by atoms with Crippen molar-refractivity contribution in [3.05, 3.63) is 80.8 Å². The van der Waals surface area contributed by atoms with Gasteiger partial charge < -0.3 is 16.4 Å². The van der Waals surface area contributed by atoms with Gasteiger partial charge in [0.25, 0.3) is 17.4 Å². The fourth-order valence-corrected chi connectivity index (χ4v) is 5.02. The number of benzene rings is 2. The topological polar surface area (TPSA) is 115 Å². The Bertz CT molecular complexity index is 1660. The standard InChI is InChI=1S/C27H24F7N5O3/c1-11-8-38(9-12(2)37(11)3)18-7-17(29)20(13-4-5-16(28)21(22(13)30)26(36)42)23(31)24(18)39-10-14(25(35)41)15(6-19(39)40)27(32,33)34/h4-7,10-12H,8-9H2,1-3H3,(H2,35,41)(H2,36,42)/t11-,12+. The molecule has 8 nitrogen and oxygen atoms in total. The van der Waals surface area contributed by atoms with Gasteiger partial charge >= 0.3 is 6.18 Å². The first-order valence-corrected chi connectivity index (χ1v) is 12.4. The van der Waals surface area contributed by atoms with E-state index in [0.717, 1.165) is 6.07 Å². The van der Waals surface area contributed by atoms with Gasteiger partial charge in [0.1, 0.15) is 28.7 Å². The smallest absolute Gasteiger partial charge is 0.367 e. The lowest BCUT2D eigenvalue weighted by Gasteiger charge is -2.44. The van der Waals surface area contributed by atoms with E-state index in [1.54, 1.807) is 13.8 Å². The van der Waals surface area contributed by atoms with Crippen molar-refractivity contribution < 1.29 is 40.3 Å². The fraction of sp³-hybridized carbons (Fsp3) is 0.296. The maximum absolute atomic E-state index is 16.5. The van der Waals surface area contributed by atoms with Crippen LogP contribution in [-0.4, -0.2) is 53.5 Å². The van der Waals surface area contributed by atoms with E-state index >= 15 is 13.2 Å². The highest BCUT2D eigenvalue weighted by molar-refractivity contribution is 5.95. The molecule has 3 aromatic rings. The van der Waals surface area contributed by atoms with E-state index in [4.69, 9.17) is 11.5 Å². The molecule has 0 radical (unpaired) electrons. The Morgan fingerprint density at radius 3 is 2.02 bits per heavy atom. The first kappa shape index (κ1) is 30.6. The summed E-state index contributed by atoms with van der Waals surface area (Å²) in [5, 5.41) is 0. The lowest BCUT2D eigenvalue weighted by Crippen LogP contribution is -2.55. The van der Waals surface area contributed by atoms with Gasteiger partial charge in [0.15, 0.2) is 5.82 Å². The van der Waals surface area contributed by atoms with Crippen molar-refractivity contribution in [3.63, 3.8) is 0 Å². The summed E-state index contributed by atoms with van der Waals surface area (Å²) in [6, 6.07) is 1.54. The quantitative estimate of drug-likeness (QED) is 0.433. The molecule has 1 aromatic heterocycles. The van der Waals surface area contributed by atoms with Gasteiger partial charge in [0, 0.05) is 49.1 Å². The number of nitrogens with two attached hydrogens (primary N) is 2. The number of anilines is 1. The van der Waals surface area contributed by atoms with Crippen molar-refractivity contribution in [2.24, 2.45) is 11.5 Å². The number of rotatable bonds is 5. The summed E-state index contributed by atoms with van der Waals surface area (Å²) >= 11 is 0. The predicted molar refractivity (Wildman–Crippen MR) is 138 cm³/mol. The Kier molecular flexibility index (Phi) is 7.84. The number of likely N-dealkylation sites (N-methyl/N-ethyl adjacent to an activating group) is 1. The van der Waals surface area contributed by atoms with Crippen LogP contribution in [0.15, 0.2) is 35.3 Å². The molecule has 1 fully saturated rings. The van der Waals surface area contributed by atoms with Gasteiger partial charge in [-0.2, -0.15) is 13.2 Å². The van der Waals surface area contributed by atoms with Crippen molar-refractivity contribution in [2.75, 3.05) is 25.0 Å². The minimum absolute atomic E-state index is 0.0330. The molecule has 4 N–H and O–H groups in total. The highest BCUT2D eigenvalue weighted by Gasteiger charge is 2.38. The lowest BCUT2D eigenvalue weighted by atomic mass is 9.97. The molecule has 2 amide bonds. The van der Waals surface area contributed by atoms with Gasteiger partial charge in [0.2, 0.25) is 0 Å². The maximum Gasteiger partial charge on any atom is 0.417 e. The molecule has 1 aliphatic heterocycles. The number of primary amides is 2. The van der Waals surface area contributed by atoms with Crippen LogP contribution in [-0.2, 0) is 6.18 Å². The molecular weight excluding hydrogens is 575 g/mol. The number of nitrogens with zero attached hydrogens (tertiary/aromatic N) is 3. The van der Waals surface area contributed by atoms with Crippen LogP contribution in [0.4, 0.5) is 36.4 Å². The van der Waals surface area contributed by atoms with E-state index < -0.39 is 80.3 Å². The summed E-state index contributed by atoms with van der Waals surface area (Å²) < 4.78 is 103. The van der Waals surface area contributed by atoms with Crippen molar-refractivity contribution in [2.45, 2.75) is 32.1 Å². The number of pyridine rings is 1. The summed E-state index contributed by atoms with van der Waals surface area (Å²) in [5.74, 6) is -9.35. The minimum Gasteiger partial charge on any atom is -0.367 e. The van der Waals surface area contributed by atoms with Gasteiger partial charge in [0.05, 0.1) is 22.4 Å². The third-order valence-electron chi connectivity index (χ3n) is 7.34. The summed E-state index contributed by atoms with van der Waals surface area (Å²) in [6.07, 6.45) is -4.82. The first-order chi connectivity index (χ1) is 19.4. The van der Waals surface area contributed by atoms with Gasteiger partial charge in [-0.3, -0.25) is 23.9 Å². The molecule has 224 valence electrons. The van der Waals surface area contributed by atoms with E-state index in [0.29, 0.717) is 22.9 Å². The molecule has 0 unspecified atom stereocenters. The number of carbonyl (C=O) groups is 2. The van der Waals surface area contributed by atoms with E-state index in [1.165, 1.54) is 4.90 Å². The van der Waals surface area contributed by atoms with Crippen LogP contribution in [0.3, 0.4) is 0 Å². The molecule has 0 aliphatic carbocycles. The summed E-state index contributed by atoms with van der Waals surface area (Å²) in [5.41, 5.74) is 1.28. The van der Waals surface area contributed by atoms with Crippen LogP contribution in [0.2, 0.25) is 0 Å². The average molecular weight is 600 g/mol. The summed E-state index contributed by atoms with van der Waals surface area (Å²) in [4.78, 5) is 40.1. The van der Waals surface area contributed by atoms with Crippen LogP contribution >= 0.6 is 0 Å². The van der Waals surface area contributed by atoms with Crippen molar-refractivity contribution in [1.29, 1.82) is 0 Å². The summed E-state index contributed by atoms with van der Waals surface area (Å²) in [6.45, 7) is 3.89. The second-order valence-corrected chi connectivity index (χ2v) is 10.0. The third-order valence-corrected chi connectivity index (χ3v) is 7.34. The monoisotopic (exact) mass is 599 g/mol. The first-order valence-electron chi connectivity index (χ1n) is 12.4. The molecule has 0 bridgehead atoms. The Hall–Kier alpha value is -4.40. The fourth-order valence-electron chi connectivity index (χ4n) is 5.02. The van der Waals surface area contributed by atoms with E-state index in [9.17, 15) is 31.9 Å². The number of hydrogen-bond donors (Lipinski definition) is 2. The molecule has 1 saturated heterocycles. The third kappa shape index (κ3) is 5.19. The molecule has 2 atom stereocenters. The number of piperazine rings is 1. The zero-order valence-electron chi connectivity index (χ0n) is 22.3. The SMILES string of the molecule is C[C@@H]1CN(c2cc(F)c(-c3ccc(F)c(C(N)=O)c3F)c(F)c2-n2cc(C(N)=O)c(C(F)(F)F)cc2=O)C[C@H](C)N1C. The zero-order valence-corrected chi connectivity index (χ0v) is 22.3. The highest BCUT2D eigenvalue weighted by Crippen LogP contribution is 2.40. The Labute approximate surface area is 233 Å². The van der Waals surface area contributed by atoms with Gasteiger partial charge in [-0.15, -0.1) is 0 Å². The Balaban J connectivity index is 2.12. The molecule has 2 aromatic carbocycles. The van der Waals surface area contributed by atoms with Crippen LogP contribution in [0.5, 0.6) is 0 Å². The molecule has 42 heavy (non-hydrogen) atoms. The zero-order chi connectivity index (χ0) is 31.4. The summed E-state index contributed by atoms with van der Waals surface area (Å²) in [7, 11) is 1.81. The molecule has 0 spiro atoms. The molecule has 4 rings (SSSR count). The second kappa shape index (κ2) is 10.8. The largest absolute Gasteiger partial charge is 0.417 e. The highest BCUT2D eigenvalue weighted by atomic mass is 19.4. The Morgan fingerprint density at radius 1 is 0.905 bits per heavy atom. The number of hydrogen-bond acceptors (Lipinski definition) is 5. The Morgan fingerprint density at radius 2 is 1.50 bits per heavy atom. The van der Waals surface area contributed by atoms with E-state index in [1.807, 2.05) is 11.9 Å². The number of amides is 2. The van der Waals surface area contributed by atoms with Crippen LogP contribution in [0.1, 0.15) is 40.1 Å². The van der Waals surface area contributed by atoms with Gasteiger partial charge in [-0.05, 0) is 33.0 Å². The minimum atomic E-state index is -5.19. The van der Waals surface area contributed by atoms with Crippen molar-refractivity contribution in [3.8, 4) is 16.8 Å². The van der Waals surface area contributed by atoms with Crippen LogP contribution in [0.25, 0.3) is 16.8 Å². The predicted octanol–water partition coefficient (Wildman–Crippen LogP) is 3.81. The number of carbonyl (C=O) groups excluding carboxylic acids is 2. The maximum atomic E-state index is 16.5. The van der Waals surface area contributed by atoms with Gasteiger partial charge in [-0.1, -0.05) is 0 Å². The van der Waals surface area contributed by atoms with E-state index in [2.05, 4.69) is 0 Å². The van der Waals surface area contributed by atoms with Crippen molar-refractivity contribution in [1.82, 2.24) is 9.47 Å². The molecular formula is C27H24F7N5O3. The van der Waals surface area contributed by atoms with Crippen molar-refractivity contribution >= 4 is 17.5 Å². The second-order valence-electron chi connectivity index (χ2n) is 10.0.